The predicted molar refractivity (Wildman–Crippen MR) is 76.2 cm³/mol. The summed E-state index contributed by atoms with van der Waals surface area (Å²) in [6, 6.07) is -0.121. The summed E-state index contributed by atoms with van der Waals surface area (Å²) in [5.74, 6) is -2.05. The van der Waals surface area contributed by atoms with E-state index in [1.165, 1.54) is 0 Å². The Morgan fingerprint density at radius 1 is 1.43 bits per heavy atom. The topological polar surface area (TPSA) is 63.1 Å². The lowest BCUT2D eigenvalue weighted by molar-refractivity contribution is -0.141. The van der Waals surface area contributed by atoms with Crippen LogP contribution in [-0.2, 0) is 11.3 Å². The van der Waals surface area contributed by atoms with Crippen molar-refractivity contribution in [2.45, 2.75) is 36.1 Å². The van der Waals surface area contributed by atoms with Crippen molar-refractivity contribution in [2.75, 3.05) is 5.32 Å². The molecule has 5 nitrogen and oxygen atoms in total. The second-order valence-electron chi connectivity index (χ2n) is 4.99. The van der Waals surface area contributed by atoms with Gasteiger partial charge in [-0.2, -0.15) is 13.2 Å². The molecule has 3 atom stereocenters. The van der Waals surface area contributed by atoms with Gasteiger partial charge in [0.25, 0.3) is 5.56 Å². The number of pyridine rings is 1. The van der Waals surface area contributed by atoms with Crippen LogP contribution in [0.25, 0.3) is 0 Å². The van der Waals surface area contributed by atoms with Crippen molar-refractivity contribution in [1.82, 2.24) is 9.88 Å². The molecule has 2 heterocycles. The fraction of sp³-hybridized carbons (Fsp3) is 0.500. The van der Waals surface area contributed by atoms with Gasteiger partial charge in [-0.3, -0.25) is 14.9 Å². The van der Waals surface area contributed by atoms with Crippen LogP contribution in [0.2, 0.25) is 0 Å². The van der Waals surface area contributed by atoms with Crippen molar-refractivity contribution >= 4 is 34.8 Å². The van der Waals surface area contributed by atoms with E-state index < -0.39 is 46.9 Å². The summed E-state index contributed by atoms with van der Waals surface area (Å²) < 4.78 is 50.7. The summed E-state index contributed by atoms with van der Waals surface area (Å²) in [7, 11) is 0. The molecule has 1 aromatic rings. The average molecular weight is 376 g/mol. The van der Waals surface area contributed by atoms with Crippen LogP contribution < -0.4 is 16.2 Å². The van der Waals surface area contributed by atoms with Crippen molar-refractivity contribution in [3.63, 3.8) is 0 Å². The molecule has 0 spiro atoms. The number of carbonyl (C=O) groups excluding carboxylic acids is 1. The Labute approximate surface area is 137 Å². The minimum Gasteiger partial charge on any atom is -0.323 e. The molecule has 0 radical (unpaired) electrons. The molecule has 1 saturated heterocycles. The highest BCUT2D eigenvalue weighted by Crippen LogP contribution is 2.23. The van der Waals surface area contributed by atoms with E-state index in [1.807, 2.05) is 0 Å². The summed E-state index contributed by atoms with van der Waals surface area (Å²) in [6.07, 6.45) is -3.78. The third-order valence-corrected chi connectivity index (χ3v) is 4.10. The second-order valence-corrected chi connectivity index (χ2v) is 6.02. The summed E-state index contributed by atoms with van der Waals surface area (Å²) >= 11 is 11.6. The molecule has 11 heteroatoms. The van der Waals surface area contributed by atoms with Gasteiger partial charge >= 0.3 is 6.18 Å². The Morgan fingerprint density at radius 2 is 2.09 bits per heavy atom. The molecule has 0 aliphatic carbocycles. The molecule has 2 rings (SSSR count). The van der Waals surface area contributed by atoms with Crippen molar-refractivity contribution in [2.24, 2.45) is 0 Å². The number of alkyl halides is 5. The quantitative estimate of drug-likeness (QED) is 0.482. The normalized spacial score (nSPS) is 24.7. The van der Waals surface area contributed by atoms with Crippen LogP contribution in [0.5, 0.6) is 0 Å². The maximum absolute atomic E-state index is 13.5. The fourth-order valence-electron chi connectivity index (χ4n) is 2.10. The standard InChI is InChI=1S/C12H11Cl2F4N3O2/c13-6-2-8(20-9(6)14)10(22)19-5-1-7(15)11(23)21(3-5)4-12(16,17)18/h1,3,6,8-9,20H,2,4H2,(H,19,22). The van der Waals surface area contributed by atoms with Gasteiger partial charge < -0.3 is 9.88 Å². The van der Waals surface area contributed by atoms with E-state index >= 15 is 0 Å². The van der Waals surface area contributed by atoms with Crippen LogP contribution in [-0.4, -0.2) is 33.6 Å². The van der Waals surface area contributed by atoms with Crippen LogP contribution in [0, 0.1) is 5.82 Å². The summed E-state index contributed by atoms with van der Waals surface area (Å²) in [6.45, 7) is -1.67. The van der Waals surface area contributed by atoms with Crippen LogP contribution in [0.15, 0.2) is 17.1 Å². The lowest BCUT2D eigenvalue weighted by atomic mass is 10.2. The number of carbonyl (C=O) groups is 1. The highest BCUT2D eigenvalue weighted by molar-refractivity contribution is 6.30. The van der Waals surface area contributed by atoms with Gasteiger partial charge in [-0.1, -0.05) is 0 Å². The zero-order chi connectivity index (χ0) is 17.4. The first-order chi connectivity index (χ1) is 10.6. The van der Waals surface area contributed by atoms with E-state index in [0.29, 0.717) is 6.07 Å². The Hall–Kier alpha value is -1.32. The van der Waals surface area contributed by atoms with E-state index in [2.05, 4.69) is 10.6 Å². The van der Waals surface area contributed by atoms with Gasteiger partial charge in [0.15, 0.2) is 5.82 Å². The zero-order valence-corrected chi connectivity index (χ0v) is 12.8. The van der Waals surface area contributed by atoms with Gasteiger partial charge in [-0.25, -0.2) is 4.39 Å². The number of aromatic nitrogens is 1. The first-order valence-electron chi connectivity index (χ1n) is 6.38. The lowest BCUT2D eigenvalue weighted by Crippen LogP contribution is -2.38. The van der Waals surface area contributed by atoms with Crippen molar-refractivity contribution in [3.8, 4) is 0 Å². The largest absolute Gasteiger partial charge is 0.406 e. The van der Waals surface area contributed by atoms with Crippen LogP contribution >= 0.6 is 23.2 Å². The third-order valence-electron chi connectivity index (χ3n) is 3.11. The predicted octanol–water partition coefficient (Wildman–Crippen LogP) is 2.02. The van der Waals surface area contributed by atoms with E-state index in [0.717, 1.165) is 6.20 Å². The Balaban J connectivity index is 2.17. The molecule has 1 fully saturated rings. The lowest BCUT2D eigenvalue weighted by Gasteiger charge is -2.14. The number of halogens is 6. The van der Waals surface area contributed by atoms with Gasteiger partial charge in [-0.15, -0.1) is 23.2 Å². The highest BCUT2D eigenvalue weighted by Gasteiger charge is 2.35. The molecular formula is C12H11Cl2F4N3O2. The summed E-state index contributed by atoms with van der Waals surface area (Å²) in [5.41, 5.74) is -2.34. The number of nitrogens with one attached hydrogen (secondary N) is 2. The molecule has 1 aliphatic heterocycles. The van der Waals surface area contributed by atoms with E-state index in [9.17, 15) is 27.2 Å². The SMILES string of the molecule is O=C(Nc1cc(F)c(=O)n(CC(F)(F)F)c1)C1CC(Cl)C(Cl)N1. The highest BCUT2D eigenvalue weighted by atomic mass is 35.5. The molecule has 128 valence electrons. The number of rotatable bonds is 3. The maximum atomic E-state index is 13.5. The number of hydrogen-bond acceptors (Lipinski definition) is 3. The number of anilines is 1. The number of amides is 1. The molecule has 1 aliphatic rings. The smallest absolute Gasteiger partial charge is 0.323 e. The Kier molecular flexibility index (Phi) is 5.22. The van der Waals surface area contributed by atoms with Crippen LogP contribution in [0.1, 0.15) is 6.42 Å². The molecule has 0 aromatic carbocycles. The molecule has 23 heavy (non-hydrogen) atoms. The second kappa shape index (κ2) is 6.66. The van der Waals surface area contributed by atoms with Gasteiger partial charge in [0.2, 0.25) is 5.91 Å². The molecule has 2 N–H and O–H groups in total. The molecule has 0 saturated carbocycles. The van der Waals surface area contributed by atoms with Crippen molar-refractivity contribution < 1.29 is 22.4 Å². The van der Waals surface area contributed by atoms with Gasteiger partial charge in [0.05, 0.1) is 22.6 Å². The van der Waals surface area contributed by atoms with E-state index in [-0.39, 0.29) is 16.7 Å². The van der Waals surface area contributed by atoms with Crippen molar-refractivity contribution in [3.05, 3.63) is 28.4 Å². The molecular weight excluding hydrogens is 365 g/mol. The van der Waals surface area contributed by atoms with Gasteiger partial charge in [0.1, 0.15) is 6.54 Å². The number of nitrogens with zero attached hydrogens (tertiary/aromatic N) is 1. The number of hydrogen-bond donors (Lipinski definition) is 2. The molecule has 1 amide bonds. The average Bonchev–Trinajstić information content (AvgIpc) is 2.74. The zero-order valence-electron chi connectivity index (χ0n) is 11.3. The van der Waals surface area contributed by atoms with Crippen molar-refractivity contribution in [1.29, 1.82) is 0 Å². The van der Waals surface area contributed by atoms with E-state index in [4.69, 9.17) is 23.2 Å². The van der Waals surface area contributed by atoms with Gasteiger partial charge in [0, 0.05) is 12.3 Å². The van der Waals surface area contributed by atoms with Gasteiger partial charge in [-0.05, 0) is 6.42 Å². The third kappa shape index (κ3) is 4.58. The van der Waals surface area contributed by atoms with Crippen LogP contribution in [0.4, 0.5) is 23.2 Å². The maximum Gasteiger partial charge on any atom is 0.406 e. The minimum absolute atomic E-state index is 0.141. The monoisotopic (exact) mass is 375 g/mol. The fourth-order valence-corrected chi connectivity index (χ4v) is 2.61. The first-order valence-corrected chi connectivity index (χ1v) is 7.26. The molecule has 3 unspecified atom stereocenters. The molecule has 0 bridgehead atoms. The van der Waals surface area contributed by atoms with Crippen LogP contribution in [0.3, 0.4) is 0 Å². The Bertz CT molecular complexity index is 655. The molecule has 1 aromatic heterocycles. The summed E-state index contributed by atoms with van der Waals surface area (Å²) in [5, 5.41) is 4.42. The van der Waals surface area contributed by atoms with E-state index in [1.54, 1.807) is 0 Å². The Morgan fingerprint density at radius 3 is 2.61 bits per heavy atom. The summed E-state index contributed by atoms with van der Waals surface area (Å²) in [4.78, 5) is 23.3. The minimum atomic E-state index is -4.70. The first kappa shape index (κ1) is 18.0.